The molecule has 1 aromatic carbocycles. The lowest BCUT2D eigenvalue weighted by atomic mass is 10.1. The van der Waals surface area contributed by atoms with E-state index in [0.717, 1.165) is 16.3 Å². The summed E-state index contributed by atoms with van der Waals surface area (Å²) in [4.78, 5) is 20.3. The Kier molecular flexibility index (Phi) is 5.43. The minimum absolute atomic E-state index is 0.131. The first-order valence-electron chi connectivity index (χ1n) is 7.97. The molecule has 0 bridgehead atoms. The molecule has 0 atom stereocenters. The number of carbonyl (C=O) groups excluding carboxylic acids is 1. The van der Waals surface area contributed by atoms with Gasteiger partial charge in [0.2, 0.25) is 5.91 Å². The molecule has 24 heavy (non-hydrogen) atoms. The van der Waals surface area contributed by atoms with E-state index in [-0.39, 0.29) is 5.91 Å². The van der Waals surface area contributed by atoms with Gasteiger partial charge in [-0.05, 0) is 31.4 Å². The predicted octanol–water partition coefficient (Wildman–Crippen LogP) is 4.77. The molecular weight excluding hydrogens is 336 g/mol. The molecule has 0 unspecified atom stereocenters. The highest BCUT2D eigenvalue weighted by molar-refractivity contribution is 7.13. The third kappa shape index (κ3) is 4.10. The number of thiazole rings is 1. The Hall–Kier alpha value is -1.98. The van der Waals surface area contributed by atoms with Gasteiger partial charge in [0, 0.05) is 22.4 Å². The van der Waals surface area contributed by atoms with Crippen molar-refractivity contribution in [3.63, 3.8) is 0 Å². The number of aryl methyl sites for hydroxylation is 1. The topological polar surface area (TPSA) is 33.2 Å². The van der Waals surface area contributed by atoms with Crippen molar-refractivity contribution in [2.45, 2.75) is 26.8 Å². The number of nitrogens with zero attached hydrogens (tertiary/aromatic N) is 2. The van der Waals surface area contributed by atoms with Crippen molar-refractivity contribution < 1.29 is 4.79 Å². The number of rotatable bonds is 6. The van der Waals surface area contributed by atoms with E-state index in [0.29, 0.717) is 19.5 Å². The fourth-order valence-electron chi connectivity index (χ4n) is 2.53. The third-order valence-electron chi connectivity index (χ3n) is 3.81. The van der Waals surface area contributed by atoms with Crippen LogP contribution in [-0.4, -0.2) is 22.3 Å². The van der Waals surface area contributed by atoms with Crippen LogP contribution in [0.3, 0.4) is 0 Å². The van der Waals surface area contributed by atoms with Gasteiger partial charge in [0.1, 0.15) is 5.01 Å². The molecule has 0 saturated carbocycles. The average Bonchev–Trinajstić information content (AvgIpc) is 3.24. The second-order valence-corrected chi connectivity index (χ2v) is 7.57. The van der Waals surface area contributed by atoms with Gasteiger partial charge in [0.05, 0.1) is 18.7 Å². The SMILES string of the molecule is CCN(Cc1cccs1)C(=O)Cc1csc(-c2cccc(C)c2)n1. The maximum atomic E-state index is 12.6. The number of aromatic nitrogens is 1. The summed E-state index contributed by atoms with van der Waals surface area (Å²) in [5.41, 5.74) is 3.18. The summed E-state index contributed by atoms with van der Waals surface area (Å²) in [6.07, 6.45) is 0.363. The van der Waals surface area contributed by atoms with Gasteiger partial charge in [0.15, 0.2) is 0 Å². The Balaban J connectivity index is 1.68. The molecule has 2 heterocycles. The average molecular weight is 357 g/mol. The first-order valence-corrected chi connectivity index (χ1v) is 9.73. The molecule has 3 nitrogen and oxygen atoms in total. The van der Waals surface area contributed by atoms with Gasteiger partial charge in [-0.25, -0.2) is 4.98 Å². The van der Waals surface area contributed by atoms with E-state index in [4.69, 9.17) is 0 Å². The lowest BCUT2D eigenvalue weighted by Gasteiger charge is -2.19. The molecule has 3 aromatic rings. The zero-order valence-corrected chi connectivity index (χ0v) is 15.5. The third-order valence-corrected chi connectivity index (χ3v) is 5.61. The molecule has 1 amide bonds. The normalized spacial score (nSPS) is 10.8. The standard InChI is InChI=1S/C19H20N2OS2/c1-3-21(12-17-8-5-9-23-17)18(22)11-16-13-24-19(20-16)15-7-4-6-14(2)10-15/h4-10,13H,3,11-12H2,1-2H3. The number of likely N-dealkylation sites (N-methyl/N-ethyl adjacent to an activating group) is 1. The van der Waals surface area contributed by atoms with E-state index >= 15 is 0 Å². The summed E-state index contributed by atoms with van der Waals surface area (Å²) >= 11 is 3.28. The van der Waals surface area contributed by atoms with Crippen LogP contribution in [0.1, 0.15) is 23.1 Å². The lowest BCUT2D eigenvalue weighted by molar-refractivity contribution is -0.130. The van der Waals surface area contributed by atoms with Crippen LogP contribution in [0.4, 0.5) is 0 Å². The maximum absolute atomic E-state index is 12.6. The summed E-state index contributed by atoms with van der Waals surface area (Å²) in [7, 11) is 0. The van der Waals surface area contributed by atoms with Crippen molar-refractivity contribution >= 4 is 28.6 Å². The molecule has 0 aliphatic heterocycles. The fraction of sp³-hybridized carbons (Fsp3) is 0.263. The summed E-state index contributed by atoms with van der Waals surface area (Å²) < 4.78 is 0. The van der Waals surface area contributed by atoms with Gasteiger partial charge < -0.3 is 4.90 Å². The highest BCUT2D eigenvalue weighted by Crippen LogP contribution is 2.25. The fourth-order valence-corrected chi connectivity index (χ4v) is 4.07. The number of hydrogen-bond donors (Lipinski definition) is 0. The molecule has 124 valence electrons. The van der Waals surface area contributed by atoms with Gasteiger partial charge in [0.25, 0.3) is 0 Å². The lowest BCUT2D eigenvalue weighted by Crippen LogP contribution is -2.31. The van der Waals surface area contributed by atoms with Crippen LogP contribution in [0.25, 0.3) is 10.6 Å². The summed E-state index contributed by atoms with van der Waals surface area (Å²) in [6.45, 7) is 5.49. The second kappa shape index (κ2) is 7.73. The minimum Gasteiger partial charge on any atom is -0.337 e. The summed E-state index contributed by atoms with van der Waals surface area (Å²) in [5.74, 6) is 0.131. The van der Waals surface area contributed by atoms with Gasteiger partial charge in [-0.1, -0.05) is 29.8 Å². The van der Waals surface area contributed by atoms with E-state index in [1.165, 1.54) is 10.4 Å². The number of benzene rings is 1. The van der Waals surface area contributed by atoms with Crippen LogP contribution in [0, 0.1) is 6.92 Å². The van der Waals surface area contributed by atoms with Crippen molar-refractivity contribution in [1.82, 2.24) is 9.88 Å². The van der Waals surface area contributed by atoms with Crippen LogP contribution in [-0.2, 0) is 17.8 Å². The van der Waals surface area contributed by atoms with Crippen molar-refractivity contribution in [3.05, 3.63) is 63.3 Å². The van der Waals surface area contributed by atoms with Gasteiger partial charge in [-0.15, -0.1) is 22.7 Å². The smallest absolute Gasteiger partial charge is 0.228 e. The highest BCUT2D eigenvalue weighted by atomic mass is 32.1. The number of hydrogen-bond acceptors (Lipinski definition) is 4. The molecule has 0 fully saturated rings. The molecular formula is C19H20N2OS2. The Morgan fingerprint density at radius 1 is 1.21 bits per heavy atom. The Morgan fingerprint density at radius 2 is 2.08 bits per heavy atom. The molecule has 0 spiro atoms. The van der Waals surface area contributed by atoms with Crippen molar-refractivity contribution in [1.29, 1.82) is 0 Å². The summed E-state index contributed by atoms with van der Waals surface area (Å²) in [6, 6.07) is 12.4. The molecule has 0 saturated heterocycles. The van der Waals surface area contributed by atoms with Crippen molar-refractivity contribution in [2.75, 3.05) is 6.54 Å². The highest BCUT2D eigenvalue weighted by Gasteiger charge is 2.15. The van der Waals surface area contributed by atoms with Crippen LogP contribution in [0.15, 0.2) is 47.2 Å². The summed E-state index contributed by atoms with van der Waals surface area (Å²) in [5, 5.41) is 5.01. The van der Waals surface area contributed by atoms with E-state index in [1.807, 2.05) is 34.7 Å². The van der Waals surface area contributed by atoms with Gasteiger partial charge >= 0.3 is 0 Å². The van der Waals surface area contributed by atoms with E-state index in [2.05, 4.69) is 36.2 Å². The molecule has 5 heteroatoms. The predicted molar refractivity (Wildman–Crippen MR) is 101 cm³/mol. The molecule has 0 aliphatic rings. The molecule has 3 rings (SSSR count). The van der Waals surface area contributed by atoms with Gasteiger partial charge in [-0.2, -0.15) is 0 Å². The first-order chi connectivity index (χ1) is 11.7. The zero-order chi connectivity index (χ0) is 16.9. The first kappa shape index (κ1) is 16.9. The van der Waals surface area contributed by atoms with Crippen LogP contribution < -0.4 is 0 Å². The van der Waals surface area contributed by atoms with E-state index in [9.17, 15) is 4.79 Å². The quantitative estimate of drug-likeness (QED) is 0.637. The largest absolute Gasteiger partial charge is 0.337 e. The molecule has 2 aromatic heterocycles. The Labute approximate surface area is 150 Å². The Bertz CT molecular complexity index is 808. The van der Waals surface area contributed by atoms with Gasteiger partial charge in [-0.3, -0.25) is 4.79 Å². The van der Waals surface area contributed by atoms with E-state index < -0.39 is 0 Å². The monoisotopic (exact) mass is 356 g/mol. The zero-order valence-electron chi connectivity index (χ0n) is 13.9. The second-order valence-electron chi connectivity index (χ2n) is 5.68. The molecule has 0 radical (unpaired) electrons. The van der Waals surface area contributed by atoms with E-state index in [1.54, 1.807) is 22.7 Å². The minimum atomic E-state index is 0.131. The molecule has 0 N–H and O–H groups in total. The molecule has 0 aliphatic carbocycles. The van der Waals surface area contributed by atoms with Crippen LogP contribution in [0.5, 0.6) is 0 Å². The Morgan fingerprint density at radius 3 is 2.79 bits per heavy atom. The number of thiophene rings is 1. The van der Waals surface area contributed by atoms with Crippen molar-refractivity contribution in [3.8, 4) is 10.6 Å². The van der Waals surface area contributed by atoms with Crippen LogP contribution >= 0.6 is 22.7 Å². The maximum Gasteiger partial charge on any atom is 0.228 e. The number of carbonyl (C=O) groups is 1. The van der Waals surface area contributed by atoms with Crippen molar-refractivity contribution in [2.24, 2.45) is 0 Å². The number of amides is 1. The van der Waals surface area contributed by atoms with Crippen LogP contribution in [0.2, 0.25) is 0 Å².